The van der Waals surface area contributed by atoms with E-state index in [9.17, 15) is 19.7 Å². The van der Waals surface area contributed by atoms with Crippen LogP contribution in [0.25, 0.3) is 0 Å². The Morgan fingerprint density at radius 1 is 0.889 bits per heavy atom. The Bertz CT molecular complexity index is 636. The summed E-state index contributed by atoms with van der Waals surface area (Å²) in [4.78, 5) is 34.7. The third-order valence-electron chi connectivity index (χ3n) is 4.96. The van der Waals surface area contributed by atoms with Gasteiger partial charge in [0.15, 0.2) is 0 Å². The second kappa shape index (κ2) is 11.3. The van der Waals surface area contributed by atoms with Crippen LogP contribution in [-0.2, 0) is 9.59 Å². The molecule has 0 radical (unpaired) electrons. The van der Waals surface area contributed by atoms with Crippen LogP contribution in [-0.4, -0.2) is 22.8 Å². The van der Waals surface area contributed by atoms with Crippen LogP contribution in [0.15, 0.2) is 24.3 Å². The number of hydrogen-bond donors (Lipinski definition) is 2. The van der Waals surface area contributed by atoms with Crippen molar-refractivity contribution in [1.82, 2.24) is 5.32 Å². The predicted molar refractivity (Wildman–Crippen MR) is 104 cm³/mol. The highest BCUT2D eigenvalue weighted by atomic mass is 16.6. The van der Waals surface area contributed by atoms with Gasteiger partial charge in [0.25, 0.3) is 5.69 Å². The van der Waals surface area contributed by atoms with E-state index in [4.69, 9.17) is 0 Å². The van der Waals surface area contributed by atoms with E-state index >= 15 is 0 Å². The molecule has 1 aromatic rings. The fourth-order valence-electron chi connectivity index (χ4n) is 3.44. The summed E-state index contributed by atoms with van der Waals surface area (Å²) in [6.45, 7) is 0. The molecular weight excluding hydrogens is 346 g/mol. The molecule has 0 bridgehead atoms. The Kier molecular flexibility index (Phi) is 8.74. The van der Waals surface area contributed by atoms with E-state index in [0.29, 0.717) is 0 Å². The van der Waals surface area contributed by atoms with Crippen molar-refractivity contribution in [2.45, 2.75) is 76.7 Å². The maximum absolute atomic E-state index is 12.3. The Morgan fingerprint density at radius 3 is 2.00 bits per heavy atom. The zero-order valence-corrected chi connectivity index (χ0v) is 15.7. The fraction of sp³-hybridized carbons (Fsp3) is 0.600. The average Bonchev–Trinajstić information content (AvgIpc) is 2.64. The molecule has 1 saturated carbocycles. The maximum atomic E-state index is 12.3. The molecule has 0 heterocycles. The van der Waals surface area contributed by atoms with Crippen molar-refractivity contribution < 1.29 is 14.5 Å². The summed E-state index contributed by atoms with van der Waals surface area (Å²) in [6, 6.07) is 5.57. The normalized spacial score (nSPS) is 17.2. The molecule has 0 atom stereocenters. The molecule has 0 spiro atoms. The Balaban J connectivity index is 1.87. The average molecular weight is 375 g/mol. The number of nitrogens with zero attached hydrogens (tertiary/aromatic N) is 1. The van der Waals surface area contributed by atoms with Crippen LogP contribution in [0, 0.1) is 10.1 Å². The van der Waals surface area contributed by atoms with Gasteiger partial charge in [0, 0.05) is 23.9 Å². The van der Waals surface area contributed by atoms with E-state index in [1.54, 1.807) is 0 Å². The van der Waals surface area contributed by atoms with Crippen LogP contribution in [0.1, 0.15) is 70.6 Å². The minimum Gasteiger partial charge on any atom is -0.345 e. The van der Waals surface area contributed by atoms with Gasteiger partial charge in [-0.05, 0) is 18.9 Å². The van der Waals surface area contributed by atoms with Gasteiger partial charge in [-0.2, -0.15) is 0 Å². The second-order valence-corrected chi connectivity index (χ2v) is 7.19. The van der Waals surface area contributed by atoms with Gasteiger partial charge >= 0.3 is 11.8 Å². The first-order valence-corrected chi connectivity index (χ1v) is 9.92. The van der Waals surface area contributed by atoms with Crippen molar-refractivity contribution in [3.05, 3.63) is 34.4 Å². The van der Waals surface area contributed by atoms with Gasteiger partial charge in [0.2, 0.25) is 0 Å². The standard InChI is InChI=1S/C20H29N3O4/c24-19(20(25)22-17-13-10-14-18(15-17)23(26)27)21-16-11-8-6-4-2-1-3-5-7-9-12-16/h10,13-16H,1-9,11-12H2,(H,21,24)(H,22,25). The molecule has 2 N–H and O–H groups in total. The third-order valence-corrected chi connectivity index (χ3v) is 4.96. The summed E-state index contributed by atoms with van der Waals surface area (Å²) in [7, 11) is 0. The number of nitrogens with one attached hydrogen (secondary N) is 2. The molecule has 2 rings (SSSR count). The van der Waals surface area contributed by atoms with Crippen LogP contribution in [0.5, 0.6) is 0 Å². The highest BCUT2D eigenvalue weighted by molar-refractivity contribution is 6.39. The molecule has 0 aromatic heterocycles. The van der Waals surface area contributed by atoms with Crippen molar-refractivity contribution in [2.75, 3.05) is 5.32 Å². The monoisotopic (exact) mass is 375 g/mol. The van der Waals surface area contributed by atoms with Crippen molar-refractivity contribution in [2.24, 2.45) is 0 Å². The Labute approximate surface area is 160 Å². The molecule has 1 aromatic carbocycles. The highest BCUT2D eigenvalue weighted by Gasteiger charge is 2.19. The minimum absolute atomic E-state index is 0.00721. The lowest BCUT2D eigenvalue weighted by Gasteiger charge is -2.19. The lowest BCUT2D eigenvalue weighted by molar-refractivity contribution is -0.384. The molecule has 2 amide bonds. The zero-order chi connectivity index (χ0) is 19.5. The topological polar surface area (TPSA) is 101 Å². The number of non-ortho nitro benzene ring substituents is 1. The van der Waals surface area contributed by atoms with Crippen LogP contribution in [0.4, 0.5) is 11.4 Å². The lowest BCUT2D eigenvalue weighted by Crippen LogP contribution is -2.41. The van der Waals surface area contributed by atoms with Crippen molar-refractivity contribution in [3.63, 3.8) is 0 Å². The molecule has 7 nitrogen and oxygen atoms in total. The number of carbonyl (C=O) groups is 2. The van der Waals surface area contributed by atoms with Crippen LogP contribution >= 0.6 is 0 Å². The van der Waals surface area contributed by atoms with Crippen LogP contribution < -0.4 is 10.6 Å². The van der Waals surface area contributed by atoms with Crippen LogP contribution in [0.3, 0.4) is 0 Å². The van der Waals surface area contributed by atoms with Crippen molar-refractivity contribution in [3.8, 4) is 0 Å². The number of carbonyl (C=O) groups excluding carboxylic acids is 2. The number of nitro groups is 1. The summed E-state index contributed by atoms with van der Waals surface area (Å²) in [5.41, 5.74) is 0.107. The SMILES string of the molecule is O=C(Nc1cccc([N+](=O)[O-])c1)C(=O)NC1CCCCCCCCCCC1. The number of nitro benzene ring substituents is 1. The number of rotatable bonds is 3. The highest BCUT2D eigenvalue weighted by Crippen LogP contribution is 2.18. The zero-order valence-electron chi connectivity index (χ0n) is 15.7. The summed E-state index contributed by atoms with van der Waals surface area (Å²) in [5.74, 6) is -1.47. The molecule has 7 heteroatoms. The van der Waals surface area contributed by atoms with Gasteiger partial charge in [0.1, 0.15) is 0 Å². The van der Waals surface area contributed by atoms with Crippen molar-refractivity contribution in [1.29, 1.82) is 0 Å². The molecule has 0 aliphatic heterocycles. The van der Waals surface area contributed by atoms with E-state index in [1.165, 1.54) is 56.4 Å². The predicted octanol–water partition coefficient (Wildman–Crippen LogP) is 4.32. The van der Waals surface area contributed by atoms with Gasteiger partial charge in [-0.3, -0.25) is 19.7 Å². The summed E-state index contributed by atoms with van der Waals surface area (Å²) >= 11 is 0. The van der Waals surface area contributed by atoms with Crippen LogP contribution in [0.2, 0.25) is 0 Å². The lowest BCUT2D eigenvalue weighted by atomic mass is 9.98. The summed E-state index contributed by atoms with van der Waals surface area (Å²) in [6.07, 6.45) is 12.5. The Morgan fingerprint density at radius 2 is 1.44 bits per heavy atom. The Hall–Kier alpha value is -2.44. The van der Waals surface area contributed by atoms with Gasteiger partial charge in [-0.25, -0.2) is 0 Å². The van der Waals surface area contributed by atoms with E-state index in [2.05, 4.69) is 10.6 Å². The molecule has 0 unspecified atom stereocenters. The van der Waals surface area contributed by atoms with Gasteiger partial charge in [0.05, 0.1) is 4.92 Å². The number of amides is 2. The molecule has 1 aliphatic rings. The molecule has 1 fully saturated rings. The van der Waals surface area contributed by atoms with E-state index in [-0.39, 0.29) is 17.4 Å². The van der Waals surface area contributed by atoms with E-state index < -0.39 is 16.7 Å². The first-order valence-electron chi connectivity index (χ1n) is 9.92. The molecule has 27 heavy (non-hydrogen) atoms. The van der Waals surface area contributed by atoms with Gasteiger partial charge in [-0.15, -0.1) is 0 Å². The van der Waals surface area contributed by atoms with Gasteiger partial charge in [-0.1, -0.05) is 63.9 Å². The maximum Gasteiger partial charge on any atom is 0.313 e. The number of benzene rings is 1. The smallest absolute Gasteiger partial charge is 0.313 e. The summed E-state index contributed by atoms with van der Waals surface area (Å²) < 4.78 is 0. The number of hydrogen-bond acceptors (Lipinski definition) is 4. The summed E-state index contributed by atoms with van der Waals surface area (Å²) in [5, 5.41) is 16.1. The quantitative estimate of drug-likeness (QED) is 0.466. The van der Waals surface area contributed by atoms with Gasteiger partial charge < -0.3 is 10.6 Å². The first-order chi connectivity index (χ1) is 13.1. The molecular formula is C20H29N3O4. The fourth-order valence-corrected chi connectivity index (χ4v) is 3.44. The second-order valence-electron chi connectivity index (χ2n) is 7.19. The minimum atomic E-state index is -0.790. The third kappa shape index (κ3) is 7.76. The van der Waals surface area contributed by atoms with E-state index in [1.807, 2.05) is 0 Å². The largest absolute Gasteiger partial charge is 0.345 e. The van der Waals surface area contributed by atoms with E-state index in [0.717, 1.165) is 38.5 Å². The van der Waals surface area contributed by atoms with Crippen molar-refractivity contribution >= 4 is 23.2 Å². The first kappa shape index (κ1) is 20.9. The molecule has 148 valence electrons. The number of anilines is 1. The molecule has 0 saturated heterocycles. The molecule has 1 aliphatic carbocycles.